The molecule has 3 heteroatoms. The van der Waals surface area contributed by atoms with Crippen molar-refractivity contribution in [3.63, 3.8) is 0 Å². The second-order valence-corrected chi connectivity index (χ2v) is 3.08. The van der Waals surface area contributed by atoms with Gasteiger partial charge in [0.05, 0.1) is 5.69 Å². The average molecular weight is 151 g/mol. The lowest BCUT2D eigenvalue weighted by Gasteiger charge is -2.09. The standard InChI is InChI=1S/C8H13N3/c1-3-11-5-7-4-10(2)9-8(7)6-11/h4H,3,5-6H2,1-2H3. The van der Waals surface area contributed by atoms with Crippen molar-refractivity contribution in [1.29, 1.82) is 0 Å². The highest BCUT2D eigenvalue weighted by atomic mass is 15.3. The molecule has 3 nitrogen and oxygen atoms in total. The van der Waals surface area contributed by atoms with E-state index in [9.17, 15) is 0 Å². The van der Waals surface area contributed by atoms with Crippen LogP contribution in [0.4, 0.5) is 0 Å². The van der Waals surface area contributed by atoms with Gasteiger partial charge in [-0.3, -0.25) is 9.58 Å². The zero-order valence-electron chi connectivity index (χ0n) is 7.04. The van der Waals surface area contributed by atoms with Crippen LogP contribution in [0, 0.1) is 0 Å². The fourth-order valence-corrected chi connectivity index (χ4v) is 1.58. The largest absolute Gasteiger partial charge is 0.293 e. The van der Waals surface area contributed by atoms with Gasteiger partial charge in [0, 0.05) is 31.9 Å². The van der Waals surface area contributed by atoms with Gasteiger partial charge in [0.1, 0.15) is 0 Å². The molecule has 1 aromatic rings. The number of nitrogens with zero attached hydrogens (tertiary/aromatic N) is 3. The predicted molar refractivity (Wildman–Crippen MR) is 43.0 cm³/mol. The molecule has 0 fully saturated rings. The van der Waals surface area contributed by atoms with Gasteiger partial charge in [-0.05, 0) is 6.54 Å². The first kappa shape index (κ1) is 6.85. The molecule has 0 N–H and O–H groups in total. The van der Waals surface area contributed by atoms with Crippen LogP contribution in [0.5, 0.6) is 0 Å². The van der Waals surface area contributed by atoms with Gasteiger partial charge < -0.3 is 0 Å². The zero-order chi connectivity index (χ0) is 7.84. The Kier molecular flexibility index (Phi) is 1.46. The molecule has 0 saturated heterocycles. The Bertz CT molecular complexity index is 241. The number of hydrogen-bond acceptors (Lipinski definition) is 2. The Morgan fingerprint density at radius 1 is 1.55 bits per heavy atom. The molecule has 0 amide bonds. The maximum atomic E-state index is 4.36. The summed E-state index contributed by atoms with van der Waals surface area (Å²) in [6, 6.07) is 0. The summed E-state index contributed by atoms with van der Waals surface area (Å²) in [5, 5.41) is 4.36. The summed E-state index contributed by atoms with van der Waals surface area (Å²) in [4.78, 5) is 2.39. The van der Waals surface area contributed by atoms with Gasteiger partial charge in [-0.15, -0.1) is 0 Å². The van der Waals surface area contributed by atoms with Crippen LogP contribution in [0.1, 0.15) is 18.2 Å². The number of rotatable bonds is 1. The molecular formula is C8H13N3. The van der Waals surface area contributed by atoms with E-state index in [4.69, 9.17) is 0 Å². The van der Waals surface area contributed by atoms with Crippen molar-refractivity contribution in [2.24, 2.45) is 7.05 Å². The van der Waals surface area contributed by atoms with Crippen LogP contribution < -0.4 is 0 Å². The van der Waals surface area contributed by atoms with Gasteiger partial charge in [-0.2, -0.15) is 5.10 Å². The van der Waals surface area contributed by atoms with E-state index in [1.165, 1.54) is 11.3 Å². The molecule has 0 bridgehead atoms. The second kappa shape index (κ2) is 2.34. The van der Waals surface area contributed by atoms with Crippen molar-refractivity contribution in [2.75, 3.05) is 6.54 Å². The summed E-state index contributed by atoms with van der Waals surface area (Å²) in [6.07, 6.45) is 2.12. The minimum Gasteiger partial charge on any atom is -0.293 e. The lowest BCUT2D eigenvalue weighted by molar-refractivity contribution is 0.295. The van der Waals surface area contributed by atoms with Gasteiger partial charge in [0.25, 0.3) is 0 Å². The second-order valence-electron chi connectivity index (χ2n) is 3.08. The number of aryl methyl sites for hydroxylation is 1. The molecule has 0 aliphatic carbocycles. The summed E-state index contributed by atoms with van der Waals surface area (Å²) >= 11 is 0. The summed E-state index contributed by atoms with van der Waals surface area (Å²) in [6.45, 7) is 5.43. The van der Waals surface area contributed by atoms with Gasteiger partial charge in [-0.1, -0.05) is 6.92 Å². The Hall–Kier alpha value is -0.830. The van der Waals surface area contributed by atoms with Gasteiger partial charge >= 0.3 is 0 Å². The summed E-state index contributed by atoms with van der Waals surface area (Å²) in [5.41, 5.74) is 2.66. The highest BCUT2D eigenvalue weighted by Gasteiger charge is 2.19. The van der Waals surface area contributed by atoms with E-state index in [1.807, 2.05) is 11.7 Å². The Morgan fingerprint density at radius 3 is 3.00 bits per heavy atom. The molecule has 0 saturated carbocycles. The molecule has 0 unspecified atom stereocenters. The van der Waals surface area contributed by atoms with Crippen LogP contribution >= 0.6 is 0 Å². The first-order chi connectivity index (χ1) is 5.29. The molecule has 0 atom stereocenters. The zero-order valence-corrected chi connectivity index (χ0v) is 7.04. The molecule has 0 aromatic carbocycles. The average Bonchev–Trinajstić information content (AvgIpc) is 2.43. The molecule has 60 valence electrons. The Balaban J connectivity index is 2.23. The molecule has 1 aliphatic heterocycles. The Labute approximate surface area is 66.6 Å². The highest BCUT2D eigenvalue weighted by Crippen LogP contribution is 2.19. The van der Waals surface area contributed by atoms with E-state index in [1.54, 1.807) is 0 Å². The summed E-state index contributed by atoms with van der Waals surface area (Å²) < 4.78 is 1.90. The topological polar surface area (TPSA) is 21.1 Å². The molecule has 0 radical (unpaired) electrons. The molecule has 1 aliphatic rings. The van der Waals surface area contributed by atoms with Gasteiger partial charge in [0.2, 0.25) is 0 Å². The van der Waals surface area contributed by atoms with Crippen molar-refractivity contribution >= 4 is 0 Å². The van der Waals surface area contributed by atoms with Crippen molar-refractivity contribution in [3.05, 3.63) is 17.5 Å². The van der Waals surface area contributed by atoms with Crippen LogP contribution in [0.3, 0.4) is 0 Å². The van der Waals surface area contributed by atoms with Crippen LogP contribution in [0.2, 0.25) is 0 Å². The molecule has 2 rings (SSSR count). The van der Waals surface area contributed by atoms with Crippen molar-refractivity contribution < 1.29 is 0 Å². The van der Waals surface area contributed by atoms with E-state index in [2.05, 4.69) is 23.1 Å². The van der Waals surface area contributed by atoms with E-state index in [0.29, 0.717) is 0 Å². The highest BCUT2D eigenvalue weighted by molar-refractivity contribution is 5.20. The maximum absolute atomic E-state index is 4.36. The van der Waals surface area contributed by atoms with Crippen LogP contribution in [0.15, 0.2) is 6.20 Å². The fraction of sp³-hybridized carbons (Fsp3) is 0.625. The van der Waals surface area contributed by atoms with E-state index >= 15 is 0 Å². The third-order valence-electron chi connectivity index (χ3n) is 2.21. The quantitative estimate of drug-likeness (QED) is 0.590. The van der Waals surface area contributed by atoms with E-state index < -0.39 is 0 Å². The first-order valence-electron chi connectivity index (χ1n) is 4.03. The van der Waals surface area contributed by atoms with Gasteiger partial charge in [-0.25, -0.2) is 0 Å². The number of fused-ring (bicyclic) bond motifs is 1. The minimum absolute atomic E-state index is 1.03. The predicted octanol–water partition coefficient (Wildman–Crippen LogP) is 0.756. The van der Waals surface area contributed by atoms with Crippen LogP contribution in [-0.4, -0.2) is 21.2 Å². The van der Waals surface area contributed by atoms with E-state index in [0.717, 1.165) is 19.6 Å². The van der Waals surface area contributed by atoms with Crippen molar-refractivity contribution in [2.45, 2.75) is 20.0 Å². The molecule has 1 aromatic heterocycles. The normalized spacial score (nSPS) is 17.3. The molecule has 11 heavy (non-hydrogen) atoms. The SMILES string of the molecule is CCN1Cc2cn(C)nc2C1. The Morgan fingerprint density at radius 2 is 2.36 bits per heavy atom. The lowest BCUT2D eigenvalue weighted by Crippen LogP contribution is -2.15. The van der Waals surface area contributed by atoms with Crippen LogP contribution in [0.25, 0.3) is 0 Å². The molecule has 2 heterocycles. The molecular weight excluding hydrogens is 138 g/mol. The number of hydrogen-bond donors (Lipinski definition) is 0. The minimum atomic E-state index is 1.03. The van der Waals surface area contributed by atoms with Crippen molar-refractivity contribution in [3.8, 4) is 0 Å². The third-order valence-corrected chi connectivity index (χ3v) is 2.21. The van der Waals surface area contributed by atoms with Gasteiger partial charge in [0.15, 0.2) is 0 Å². The summed E-state index contributed by atoms with van der Waals surface area (Å²) in [7, 11) is 1.98. The number of aromatic nitrogens is 2. The monoisotopic (exact) mass is 151 g/mol. The summed E-state index contributed by atoms with van der Waals surface area (Å²) in [5.74, 6) is 0. The van der Waals surface area contributed by atoms with Crippen molar-refractivity contribution in [1.82, 2.24) is 14.7 Å². The first-order valence-corrected chi connectivity index (χ1v) is 4.03. The smallest absolute Gasteiger partial charge is 0.0809 e. The fourth-order valence-electron chi connectivity index (χ4n) is 1.58. The third kappa shape index (κ3) is 1.05. The van der Waals surface area contributed by atoms with Crippen LogP contribution in [-0.2, 0) is 20.1 Å². The van der Waals surface area contributed by atoms with E-state index in [-0.39, 0.29) is 0 Å². The lowest BCUT2D eigenvalue weighted by atomic mass is 10.3. The maximum Gasteiger partial charge on any atom is 0.0809 e. The molecule has 0 spiro atoms.